The molecule has 2 nitrogen and oxygen atoms in total. The number of rotatable bonds is 2. The van der Waals surface area contributed by atoms with Crippen LogP contribution in [-0.2, 0) is 0 Å². The fourth-order valence-electron chi connectivity index (χ4n) is 1.97. The molecule has 1 aromatic carbocycles. The van der Waals surface area contributed by atoms with E-state index in [4.69, 9.17) is 4.74 Å². The first-order valence-corrected chi connectivity index (χ1v) is 5.43. The Balaban J connectivity index is 2.30. The maximum absolute atomic E-state index is 5.16. The van der Waals surface area contributed by atoms with Crippen LogP contribution in [0.4, 0.5) is 0 Å². The Morgan fingerprint density at radius 2 is 1.88 bits per heavy atom. The van der Waals surface area contributed by atoms with Gasteiger partial charge in [-0.1, -0.05) is 12.1 Å². The van der Waals surface area contributed by atoms with Gasteiger partial charge in [-0.15, -0.1) is 0 Å². The summed E-state index contributed by atoms with van der Waals surface area (Å²) < 4.78 is 5.16. The molecule has 0 saturated heterocycles. The van der Waals surface area contributed by atoms with Crippen molar-refractivity contribution in [2.24, 2.45) is 0 Å². The zero-order valence-electron chi connectivity index (χ0n) is 10.0. The number of benzene rings is 1. The van der Waals surface area contributed by atoms with Crippen LogP contribution < -0.4 is 4.74 Å². The zero-order valence-corrected chi connectivity index (χ0v) is 10.0. The number of hydrogen-bond acceptors (Lipinski definition) is 2. The average molecular weight is 215 g/mol. The van der Waals surface area contributed by atoms with E-state index in [-0.39, 0.29) is 0 Å². The van der Waals surface area contributed by atoms with E-state index in [9.17, 15) is 0 Å². The maximum atomic E-state index is 5.16. The van der Waals surface area contributed by atoms with Gasteiger partial charge in [0.05, 0.1) is 7.11 Å². The molecule has 0 aromatic heterocycles. The van der Waals surface area contributed by atoms with E-state index in [1.165, 1.54) is 16.7 Å². The van der Waals surface area contributed by atoms with E-state index in [1.807, 2.05) is 12.1 Å². The van der Waals surface area contributed by atoms with Gasteiger partial charge >= 0.3 is 0 Å². The summed E-state index contributed by atoms with van der Waals surface area (Å²) in [6, 6.07) is 8.21. The first-order valence-electron chi connectivity index (χ1n) is 5.43. The van der Waals surface area contributed by atoms with E-state index in [2.05, 4.69) is 43.3 Å². The average Bonchev–Trinajstić information content (AvgIpc) is 2.29. The molecule has 1 heterocycles. The molecule has 84 valence electrons. The Morgan fingerprint density at radius 3 is 2.44 bits per heavy atom. The minimum Gasteiger partial charge on any atom is -0.497 e. The van der Waals surface area contributed by atoms with Crippen molar-refractivity contribution < 1.29 is 4.74 Å². The minimum absolute atomic E-state index is 0.902. The summed E-state index contributed by atoms with van der Waals surface area (Å²) in [4.78, 5) is 2.18. The highest BCUT2D eigenvalue weighted by atomic mass is 16.5. The number of ether oxygens (including phenoxy) is 1. The molecule has 0 amide bonds. The van der Waals surface area contributed by atoms with Crippen LogP contribution in [0, 0.1) is 0 Å². The van der Waals surface area contributed by atoms with Crippen LogP contribution in [-0.4, -0.2) is 25.6 Å². The Hall–Kier alpha value is -1.70. The maximum Gasteiger partial charge on any atom is 0.118 e. The van der Waals surface area contributed by atoms with Crippen molar-refractivity contribution in [2.45, 2.75) is 6.92 Å². The Morgan fingerprint density at radius 1 is 1.19 bits per heavy atom. The molecule has 0 atom stereocenters. The second-order valence-electron chi connectivity index (χ2n) is 4.15. The lowest BCUT2D eigenvalue weighted by Crippen LogP contribution is -2.17. The Bertz CT molecular complexity index is 429. The summed E-state index contributed by atoms with van der Waals surface area (Å²) in [7, 11) is 3.78. The van der Waals surface area contributed by atoms with Gasteiger partial charge in [0.25, 0.3) is 0 Å². The van der Waals surface area contributed by atoms with Gasteiger partial charge in [0.1, 0.15) is 5.75 Å². The van der Waals surface area contributed by atoms with Crippen molar-refractivity contribution in [2.75, 3.05) is 20.7 Å². The van der Waals surface area contributed by atoms with Crippen LogP contribution in [0.15, 0.2) is 42.1 Å². The highest BCUT2D eigenvalue weighted by Crippen LogP contribution is 2.25. The predicted molar refractivity (Wildman–Crippen MR) is 67.4 cm³/mol. The fourth-order valence-corrected chi connectivity index (χ4v) is 1.97. The van der Waals surface area contributed by atoms with Crippen molar-refractivity contribution >= 4 is 5.57 Å². The number of nitrogens with zero attached hydrogens (tertiary/aromatic N) is 1. The highest BCUT2D eigenvalue weighted by molar-refractivity contribution is 5.77. The Labute approximate surface area is 96.8 Å². The molecule has 0 saturated carbocycles. The molecular formula is C14H17NO. The van der Waals surface area contributed by atoms with E-state index < -0.39 is 0 Å². The van der Waals surface area contributed by atoms with Crippen LogP contribution >= 0.6 is 0 Å². The van der Waals surface area contributed by atoms with Gasteiger partial charge in [0, 0.05) is 13.6 Å². The third-order valence-corrected chi connectivity index (χ3v) is 2.84. The highest BCUT2D eigenvalue weighted by Gasteiger charge is 2.08. The second-order valence-corrected chi connectivity index (χ2v) is 4.15. The van der Waals surface area contributed by atoms with Gasteiger partial charge in [0.2, 0.25) is 0 Å². The lowest BCUT2D eigenvalue weighted by Gasteiger charge is -2.22. The van der Waals surface area contributed by atoms with Crippen LogP contribution in [0.25, 0.3) is 5.57 Å². The third kappa shape index (κ3) is 2.11. The van der Waals surface area contributed by atoms with E-state index in [0.29, 0.717) is 0 Å². The topological polar surface area (TPSA) is 12.5 Å². The molecule has 0 N–H and O–H groups in total. The summed E-state index contributed by atoms with van der Waals surface area (Å²) >= 11 is 0. The van der Waals surface area contributed by atoms with Crippen LogP contribution in [0.3, 0.4) is 0 Å². The first-order chi connectivity index (χ1) is 7.70. The molecule has 1 aromatic rings. The van der Waals surface area contributed by atoms with Crippen molar-refractivity contribution in [1.82, 2.24) is 4.90 Å². The summed E-state index contributed by atoms with van der Waals surface area (Å²) in [5.74, 6) is 0.902. The Kier molecular flexibility index (Phi) is 3.00. The third-order valence-electron chi connectivity index (χ3n) is 2.84. The number of likely N-dealkylation sites (N-methyl/N-ethyl adjacent to an activating group) is 1. The van der Waals surface area contributed by atoms with Gasteiger partial charge in [-0.3, -0.25) is 0 Å². The monoisotopic (exact) mass is 215 g/mol. The fraction of sp³-hybridized carbons (Fsp3) is 0.286. The minimum atomic E-state index is 0.902. The van der Waals surface area contributed by atoms with Gasteiger partial charge in [-0.25, -0.2) is 0 Å². The summed E-state index contributed by atoms with van der Waals surface area (Å²) in [6.07, 6.45) is 4.28. The van der Waals surface area contributed by atoms with Crippen LogP contribution in [0.1, 0.15) is 12.5 Å². The lowest BCUT2D eigenvalue weighted by molar-refractivity contribution is 0.415. The molecule has 2 rings (SSSR count). The van der Waals surface area contributed by atoms with Gasteiger partial charge < -0.3 is 9.64 Å². The second kappa shape index (κ2) is 4.44. The molecule has 0 radical (unpaired) electrons. The standard InChI is InChI=1S/C14H17NO/c1-11-10-15(2)9-8-14(11)12-4-6-13(16-3)7-5-12/h4-9H,10H2,1-3H3. The molecule has 0 bridgehead atoms. The van der Waals surface area contributed by atoms with Gasteiger partial charge in [-0.2, -0.15) is 0 Å². The molecule has 0 fully saturated rings. The molecule has 1 aliphatic heterocycles. The quantitative estimate of drug-likeness (QED) is 0.752. The summed E-state index contributed by atoms with van der Waals surface area (Å²) in [6.45, 7) is 3.18. The van der Waals surface area contributed by atoms with Crippen molar-refractivity contribution in [3.63, 3.8) is 0 Å². The number of hydrogen-bond donors (Lipinski definition) is 0. The molecule has 2 heteroatoms. The van der Waals surface area contributed by atoms with Gasteiger partial charge in [-0.05, 0) is 48.0 Å². The van der Waals surface area contributed by atoms with Crippen molar-refractivity contribution in [1.29, 1.82) is 0 Å². The van der Waals surface area contributed by atoms with Gasteiger partial charge in [0.15, 0.2) is 0 Å². The normalized spacial score (nSPS) is 15.6. The van der Waals surface area contributed by atoms with Crippen molar-refractivity contribution in [3.8, 4) is 5.75 Å². The summed E-state index contributed by atoms with van der Waals surface area (Å²) in [5, 5.41) is 0. The zero-order chi connectivity index (χ0) is 11.5. The van der Waals surface area contributed by atoms with E-state index in [0.717, 1.165) is 12.3 Å². The van der Waals surface area contributed by atoms with Crippen molar-refractivity contribution in [3.05, 3.63) is 47.7 Å². The molecular weight excluding hydrogens is 198 g/mol. The van der Waals surface area contributed by atoms with E-state index >= 15 is 0 Å². The molecule has 0 aliphatic carbocycles. The molecule has 1 aliphatic rings. The number of allylic oxidation sites excluding steroid dienone is 2. The van der Waals surface area contributed by atoms with E-state index in [1.54, 1.807) is 7.11 Å². The van der Waals surface area contributed by atoms with Crippen LogP contribution in [0.2, 0.25) is 0 Å². The molecule has 0 unspecified atom stereocenters. The summed E-state index contributed by atoms with van der Waals surface area (Å²) in [5.41, 5.74) is 3.97. The first kappa shape index (κ1) is 10.8. The SMILES string of the molecule is COc1ccc(C2=C(C)CN(C)C=C2)cc1. The molecule has 0 spiro atoms. The van der Waals surface area contributed by atoms with Crippen LogP contribution in [0.5, 0.6) is 5.75 Å². The largest absolute Gasteiger partial charge is 0.497 e. The molecule has 16 heavy (non-hydrogen) atoms. The lowest BCUT2D eigenvalue weighted by atomic mass is 9.98. The predicted octanol–water partition coefficient (Wildman–Crippen LogP) is 2.93. The smallest absolute Gasteiger partial charge is 0.118 e. The number of methoxy groups -OCH3 is 1.